The highest BCUT2D eigenvalue weighted by Crippen LogP contribution is 2.45. The van der Waals surface area contributed by atoms with Crippen LogP contribution in [0.4, 0.5) is 5.69 Å². The number of benzene rings is 2. The molecule has 194 valence electrons. The van der Waals surface area contributed by atoms with Crippen molar-refractivity contribution in [2.24, 2.45) is 0 Å². The van der Waals surface area contributed by atoms with Gasteiger partial charge in [-0.2, -0.15) is 0 Å². The zero-order chi connectivity index (χ0) is 25.9. The second-order valence-electron chi connectivity index (χ2n) is 11.2. The lowest BCUT2D eigenvalue weighted by atomic mass is 9.79. The van der Waals surface area contributed by atoms with Gasteiger partial charge in [0.2, 0.25) is 0 Å². The van der Waals surface area contributed by atoms with Gasteiger partial charge in [-0.05, 0) is 79.1 Å². The normalized spacial score (nSPS) is 21.8. The molecule has 0 bridgehead atoms. The van der Waals surface area contributed by atoms with Crippen molar-refractivity contribution in [3.63, 3.8) is 0 Å². The number of aromatic nitrogens is 1. The van der Waals surface area contributed by atoms with E-state index in [0.29, 0.717) is 17.1 Å². The molecule has 0 radical (unpaired) electrons. The van der Waals surface area contributed by atoms with Crippen LogP contribution in [-0.2, 0) is 13.0 Å². The van der Waals surface area contributed by atoms with E-state index in [1.54, 1.807) is 6.07 Å². The van der Waals surface area contributed by atoms with E-state index in [9.17, 15) is 9.59 Å². The predicted molar refractivity (Wildman–Crippen MR) is 147 cm³/mol. The molecule has 0 N–H and O–H groups in total. The number of nitrogens with zero attached hydrogens (tertiary/aromatic N) is 4. The average molecular weight is 527 g/mol. The number of amides is 2. The van der Waals surface area contributed by atoms with E-state index in [1.807, 2.05) is 52.6 Å². The largest absolute Gasteiger partial charge is 0.327 e. The summed E-state index contributed by atoms with van der Waals surface area (Å²) in [5.41, 5.74) is 5.70. The Labute approximate surface area is 228 Å². The van der Waals surface area contributed by atoms with E-state index < -0.39 is 0 Å². The van der Waals surface area contributed by atoms with Crippen LogP contribution in [0.2, 0.25) is 5.02 Å². The molecule has 2 amide bonds. The lowest BCUT2D eigenvalue weighted by molar-refractivity contribution is 0.0700. The van der Waals surface area contributed by atoms with Gasteiger partial charge in [-0.3, -0.25) is 19.6 Å². The molecule has 1 spiro atoms. The average Bonchev–Trinajstić information content (AvgIpc) is 3.63. The maximum Gasteiger partial charge on any atom is 0.272 e. The van der Waals surface area contributed by atoms with Crippen LogP contribution in [0.5, 0.6) is 0 Å². The highest BCUT2D eigenvalue weighted by atomic mass is 35.5. The molecular weight excluding hydrogens is 496 g/mol. The third kappa shape index (κ3) is 3.64. The number of carbonyl (C=O) groups excluding carboxylic acids is 2. The van der Waals surface area contributed by atoms with E-state index >= 15 is 0 Å². The van der Waals surface area contributed by atoms with Crippen LogP contribution >= 0.6 is 11.6 Å². The number of pyridine rings is 1. The molecular formula is C31H31ClN4O2. The predicted octanol–water partition coefficient (Wildman–Crippen LogP) is 6.35. The molecule has 1 aromatic heterocycles. The maximum absolute atomic E-state index is 14.0. The zero-order valence-electron chi connectivity index (χ0n) is 21.4. The van der Waals surface area contributed by atoms with Crippen LogP contribution in [0.25, 0.3) is 0 Å². The Bertz CT molecular complexity index is 1420. The first-order valence-electron chi connectivity index (χ1n) is 13.8. The Hall–Kier alpha value is -3.38. The fourth-order valence-electron chi connectivity index (χ4n) is 7.33. The number of aryl methyl sites for hydroxylation is 1. The van der Waals surface area contributed by atoms with Crippen LogP contribution in [0.15, 0.2) is 60.9 Å². The summed E-state index contributed by atoms with van der Waals surface area (Å²) in [7, 11) is 0. The van der Waals surface area contributed by atoms with Gasteiger partial charge in [0.15, 0.2) is 0 Å². The van der Waals surface area contributed by atoms with E-state index in [-0.39, 0.29) is 23.4 Å². The lowest BCUT2D eigenvalue weighted by Crippen LogP contribution is -2.53. The number of anilines is 1. The minimum Gasteiger partial charge on any atom is -0.327 e. The van der Waals surface area contributed by atoms with Gasteiger partial charge in [0.25, 0.3) is 11.8 Å². The Morgan fingerprint density at radius 2 is 1.79 bits per heavy atom. The second-order valence-corrected chi connectivity index (χ2v) is 11.6. The number of hydrogen-bond donors (Lipinski definition) is 0. The maximum atomic E-state index is 14.0. The summed E-state index contributed by atoms with van der Waals surface area (Å²) in [4.78, 5) is 33.4. The number of halogens is 1. The van der Waals surface area contributed by atoms with Crippen molar-refractivity contribution >= 4 is 29.1 Å². The Morgan fingerprint density at radius 3 is 2.58 bits per heavy atom. The molecule has 1 saturated carbocycles. The van der Waals surface area contributed by atoms with Gasteiger partial charge in [0, 0.05) is 31.0 Å². The number of rotatable bonds is 3. The first kappa shape index (κ1) is 23.7. The van der Waals surface area contributed by atoms with Gasteiger partial charge in [-0.25, -0.2) is 5.01 Å². The second kappa shape index (κ2) is 9.12. The van der Waals surface area contributed by atoms with Crippen molar-refractivity contribution in [3.8, 4) is 0 Å². The molecule has 1 atom stereocenters. The summed E-state index contributed by atoms with van der Waals surface area (Å²) in [6.45, 7) is 1.30. The Balaban J connectivity index is 1.17. The van der Waals surface area contributed by atoms with E-state index in [1.165, 1.54) is 19.3 Å². The first-order chi connectivity index (χ1) is 18.6. The van der Waals surface area contributed by atoms with Crippen LogP contribution in [-0.4, -0.2) is 38.8 Å². The molecule has 3 aromatic rings. The molecule has 3 heterocycles. The van der Waals surface area contributed by atoms with Crippen molar-refractivity contribution in [1.29, 1.82) is 0 Å². The van der Waals surface area contributed by atoms with E-state index in [4.69, 9.17) is 11.6 Å². The monoisotopic (exact) mass is 526 g/mol. The molecule has 2 aromatic carbocycles. The highest BCUT2D eigenvalue weighted by molar-refractivity contribution is 6.34. The molecule has 0 unspecified atom stereocenters. The number of fused-ring (bicyclic) bond motifs is 2. The first-order valence-corrected chi connectivity index (χ1v) is 14.2. The van der Waals surface area contributed by atoms with Crippen molar-refractivity contribution in [1.82, 2.24) is 14.9 Å². The summed E-state index contributed by atoms with van der Waals surface area (Å²) in [6.07, 6.45) is 12.2. The molecule has 1 saturated heterocycles. The molecule has 7 heteroatoms. The van der Waals surface area contributed by atoms with E-state index in [2.05, 4.69) is 22.1 Å². The van der Waals surface area contributed by atoms with Gasteiger partial charge in [-0.15, -0.1) is 0 Å². The van der Waals surface area contributed by atoms with Crippen LogP contribution in [0.1, 0.15) is 88.4 Å². The molecule has 4 aliphatic rings. The summed E-state index contributed by atoms with van der Waals surface area (Å²) >= 11 is 6.37. The van der Waals surface area contributed by atoms with E-state index in [0.717, 1.165) is 66.6 Å². The van der Waals surface area contributed by atoms with Crippen LogP contribution < -0.4 is 5.01 Å². The molecule has 38 heavy (non-hydrogen) atoms. The summed E-state index contributed by atoms with van der Waals surface area (Å²) in [5, 5.41) is 4.78. The van der Waals surface area contributed by atoms with Gasteiger partial charge in [-0.1, -0.05) is 49.1 Å². The number of carbonyl (C=O) groups is 2. The van der Waals surface area contributed by atoms with Gasteiger partial charge < -0.3 is 4.90 Å². The van der Waals surface area contributed by atoms with Gasteiger partial charge in [0.05, 0.1) is 27.9 Å². The summed E-state index contributed by atoms with van der Waals surface area (Å²) in [6, 6.07) is 15.8. The minimum absolute atomic E-state index is 0.00345. The van der Waals surface area contributed by atoms with Crippen molar-refractivity contribution in [2.45, 2.75) is 69.5 Å². The number of hydrazine groups is 1. The number of hydrogen-bond acceptors (Lipinski definition) is 4. The fraction of sp³-hybridized carbons (Fsp3) is 0.387. The minimum atomic E-state index is 0.00345. The van der Waals surface area contributed by atoms with Gasteiger partial charge in [0.1, 0.15) is 0 Å². The topological polar surface area (TPSA) is 56.8 Å². The lowest BCUT2D eigenvalue weighted by Gasteiger charge is -2.45. The quantitative estimate of drug-likeness (QED) is 0.399. The third-order valence-corrected chi connectivity index (χ3v) is 9.45. The van der Waals surface area contributed by atoms with Crippen LogP contribution in [0.3, 0.4) is 0 Å². The molecule has 7 rings (SSSR count). The van der Waals surface area contributed by atoms with Gasteiger partial charge >= 0.3 is 0 Å². The Kier molecular flexibility index (Phi) is 5.69. The summed E-state index contributed by atoms with van der Waals surface area (Å²) < 4.78 is 0. The fourth-order valence-corrected chi connectivity index (χ4v) is 7.61. The molecule has 6 nitrogen and oxygen atoms in total. The van der Waals surface area contributed by atoms with Crippen molar-refractivity contribution < 1.29 is 9.59 Å². The zero-order valence-corrected chi connectivity index (χ0v) is 22.2. The highest BCUT2D eigenvalue weighted by Gasteiger charge is 2.48. The Morgan fingerprint density at radius 1 is 0.974 bits per heavy atom. The third-order valence-electron chi connectivity index (χ3n) is 9.13. The molecule has 2 aliphatic carbocycles. The van der Waals surface area contributed by atoms with Crippen molar-refractivity contribution in [2.75, 3.05) is 11.6 Å². The molecule has 2 fully saturated rings. The molecule has 2 aliphatic heterocycles. The smallest absolute Gasteiger partial charge is 0.272 e. The van der Waals surface area contributed by atoms with Crippen LogP contribution in [0, 0.1) is 0 Å². The SMILES string of the molecule is O=C1c2c(Cl)cccc2CN1[C@H]1CCc2cc(C(=O)N3CCC4(CCCCC4)N3c3ccncc3)ccc21. The standard InChI is InChI=1S/C31H31ClN4O2/c32-26-6-4-5-23-20-34(30(38)28(23)26)27-10-8-21-19-22(7-9-25(21)27)29(37)35-18-15-31(13-2-1-3-14-31)36(35)24-11-16-33-17-12-24/h4-7,9,11-12,16-17,19,27H,1-3,8,10,13-15,18,20H2/t27-/m0/s1. The van der Waals surface area contributed by atoms with Crippen molar-refractivity contribution in [3.05, 3.63) is 93.8 Å². The summed E-state index contributed by atoms with van der Waals surface area (Å²) in [5.74, 6) is 0.0541.